The second-order valence-corrected chi connectivity index (χ2v) is 5.31. The van der Waals surface area contributed by atoms with Gasteiger partial charge in [-0.3, -0.25) is 9.36 Å². The third-order valence-corrected chi connectivity index (χ3v) is 3.82. The zero-order valence-electron chi connectivity index (χ0n) is 12.0. The fraction of sp³-hybridized carbons (Fsp3) is 0.400. The van der Waals surface area contributed by atoms with Crippen molar-refractivity contribution in [1.29, 1.82) is 0 Å². The number of hydrogen-bond donors (Lipinski definition) is 2. The Morgan fingerprint density at radius 1 is 1.38 bits per heavy atom. The van der Waals surface area contributed by atoms with Gasteiger partial charge in [-0.05, 0) is 51.1 Å². The number of piperidine rings is 1. The van der Waals surface area contributed by atoms with Crippen LogP contribution in [0.3, 0.4) is 0 Å². The largest absolute Gasteiger partial charge is 0.326 e. The Morgan fingerprint density at radius 3 is 2.90 bits per heavy atom. The van der Waals surface area contributed by atoms with Crippen LogP contribution in [0, 0.1) is 12.8 Å². The predicted molar refractivity (Wildman–Crippen MR) is 80.3 cm³/mol. The molecule has 1 aliphatic heterocycles. The second kappa shape index (κ2) is 6.05. The van der Waals surface area contributed by atoms with Crippen LogP contribution in [0.15, 0.2) is 30.6 Å². The van der Waals surface area contributed by atoms with Gasteiger partial charge in [-0.2, -0.15) is 0 Å². The van der Waals surface area contributed by atoms with Crippen LogP contribution in [-0.2, 0) is 4.79 Å². The Bertz CT molecular complexity index is 630. The van der Waals surface area contributed by atoms with Gasteiger partial charge in [-0.25, -0.2) is 0 Å². The number of nitrogens with one attached hydrogen (secondary N) is 2. The molecule has 0 aliphatic carbocycles. The number of carbonyl (C=O) groups is 1. The molecule has 1 amide bonds. The Labute approximate surface area is 123 Å². The van der Waals surface area contributed by atoms with E-state index < -0.39 is 0 Å². The van der Waals surface area contributed by atoms with Gasteiger partial charge in [-0.15, -0.1) is 10.2 Å². The number of amides is 1. The highest BCUT2D eigenvalue weighted by Crippen LogP contribution is 2.18. The van der Waals surface area contributed by atoms with Crippen molar-refractivity contribution in [2.75, 3.05) is 18.4 Å². The summed E-state index contributed by atoms with van der Waals surface area (Å²) in [5, 5.41) is 14.1. The van der Waals surface area contributed by atoms with Gasteiger partial charge in [0.15, 0.2) is 0 Å². The number of benzene rings is 1. The molecule has 1 aromatic carbocycles. The zero-order valence-corrected chi connectivity index (χ0v) is 12.0. The molecule has 2 heterocycles. The van der Waals surface area contributed by atoms with Crippen molar-refractivity contribution in [2.24, 2.45) is 5.92 Å². The summed E-state index contributed by atoms with van der Waals surface area (Å²) in [4.78, 5) is 12.3. The topological polar surface area (TPSA) is 71.8 Å². The molecular formula is C15H19N5O. The molecule has 0 bridgehead atoms. The molecule has 0 saturated carbocycles. The normalized spacial score (nSPS) is 15.9. The van der Waals surface area contributed by atoms with E-state index >= 15 is 0 Å². The summed E-state index contributed by atoms with van der Waals surface area (Å²) in [6.45, 7) is 3.73. The maximum Gasteiger partial charge on any atom is 0.227 e. The van der Waals surface area contributed by atoms with Crippen LogP contribution in [0.25, 0.3) is 5.69 Å². The smallest absolute Gasteiger partial charge is 0.227 e. The SMILES string of the molecule is Cc1nncn1-c1cccc(NC(=O)C2CCNCC2)c1. The molecule has 1 saturated heterocycles. The van der Waals surface area contributed by atoms with E-state index in [4.69, 9.17) is 0 Å². The van der Waals surface area contributed by atoms with Gasteiger partial charge in [0.05, 0.1) is 5.69 Å². The average Bonchev–Trinajstić information content (AvgIpc) is 2.94. The van der Waals surface area contributed by atoms with Crippen LogP contribution in [0.2, 0.25) is 0 Å². The number of nitrogens with zero attached hydrogens (tertiary/aromatic N) is 3. The van der Waals surface area contributed by atoms with Gasteiger partial charge in [0.1, 0.15) is 12.2 Å². The van der Waals surface area contributed by atoms with Crippen molar-refractivity contribution >= 4 is 11.6 Å². The average molecular weight is 285 g/mol. The van der Waals surface area contributed by atoms with Crippen molar-refractivity contribution < 1.29 is 4.79 Å². The third kappa shape index (κ3) is 3.11. The van der Waals surface area contributed by atoms with Crippen molar-refractivity contribution in [3.63, 3.8) is 0 Å². The number of aryl methyl sites for hydroxylation is 1. The molecule has 0 unspecified atom stereocenters. The molecule has 1 aliphatic rings. The summed E-state index contributed by atoms with van der Waals surface area (Å²) in [7, 11) is 0. The van der Waals surface area contributed by atoms with Gasteiger partial charge < -0.3 is 10.6 Å². The van der Waals surface area contributed by atoms with E-state index in [0.29, 0.717) is 0 Å². The predicted octanol–water partition coefficient (Wildman–Crippen LogP) is 1.51. The van der Waals surface area contributed by atoms with Crippen LogP contribution in [-0.4, -0.2) is 33.8 Å². The molecule has 0 atom stereocenters. The number of anilines is 1. The lowest BCUT2D eigenvalue weighted by molar-refractivity contribution is -0.120. The van der Waals surface area contributed by atoms with E-state index in [-0.39, 0.29) is 11.8 Å². The molecule has 21 heavy (non-hydrogen) atoms. The summed E-state index contributed by atoms with van der Waals surface area (Å²) >= 11 is 0. The van der Waals surface area contributed by atoms with Crippen molar-refractivity contribution in [3.05, 3.63) is 36.4 Å². The van der Waals surface area contributed by atoms with E-state index in [9.17, 15) is 4.79 Å². The molecule has 1 fully saturated rings. The molecule has 110 valence electrons. The highest BCUT2D eigenvalue weighted by molar-refractivity contribution is 5.92. The lowest BCUT2D eigenvalue weighted by atomic mass is 9.97. The second-order valence-electron chi connectivity index (χ2n) is 5.31. The van der Waals surface area contributed by atoms with Gasteiger partial charge in [0, 0.05) is 11.6 Å². The van der Waals surface area contributed by atoms with E-state index in [0.717, 1.165) is 43.1 Å². The summed E-state index contributed by atoms with van der Waals surface area (Å²) in [5.41, 5.74) is 1.75. The van der Waals surface area contributed by atoms with E-state index in [2.05, 4.69) is 20.8 Å². The standard InChI is InChI=1S/C15H19N5O/c1-11-19-17-10-20(11)14-4-2-3-13(9-14)18-15(21)12-5-7-16-8-6-12/h2-4,9-10,12,16H,5-8H2,1H3,(H,18,21). The van der Waals surface area contributed by atoms with E-state index in [1.165, 1.54) is 0 Å². The molecule has 6 nitrogen and oxygen atoms in total. The third-order valence-electron chi connectivity index (χ3n) is 3.82. The van der Waals surface area contributed by atoms with Crippen molar-refractivity contribution in [1.82, 2.24) is 20.1 Å². The van der Waals surface area contributed by atoms with Crippen LogP contribution in [0.4, 0.5) is 5.69 Å². The lowest BCUT2D eigenvalue weighted by Crippen LogP contribution is -2.34. The lowest BCUT2D eigenvalue weighted by Gasteiger charge is -2.21. The first-order chi connectivity index (χ1) is 10.2. The van der Waals surface area contributed by atoms with Gasteiger partial charge in [-0.1, -0.05) is 6.07 Å². The fourth-order valence-electron chi connectivity index (χ4n) is 2.61. The van der Waals surface area contributed by atoms with Gasteiger partial charge in [0.2, 0.25) is 5.91 Å². The summed E-state index contributed by atoms with van der Waals surface area (Å²) in [5.74, 6) is 1.03. The molecule has 2 N–H and O–H groups in total. The maximum atomic E-state index is 12.3. The fourth-order valence-corrected chi connectivity index (χ4v) is 2.61. The van der Waals surface area contributed by atoms with Crippen molar-refractivity contribution in [3.8, 4) is 5.69 Å². The van der Waals surface area contributed by atoms with Crippen LogP contribution in [0.1, 0.15) is 18.7 Å². The monoisotopic (exact) mass is 285 g/mol. The molecule has 0 radical (unpaired) electrons. The first-order valence-corrected chi connectivity index (χ1v) is 7.22. The molecule has 6 heteroatoms. The number of aromatic nitrogens is 3. The zero-order chi connectivity index (χ0) is 14.7. The minimum Gasteiger partial charge on any atom is -0.326 e. The van der Waals surface area contributed by atoms with Gasteiger partial charge >= 0.3 is 0 Å². The molecule has 1 aromatic heterocycles. The van der Waals surface area contributed by atoms with Crippen LogP contribution >= 0.6 is 0 Å². The molecule has 3 rings (SSSR count). The maximum absolute atomic E-state index is 12.3. The first-order valence-electron chi connectivity index (χ1n) is 7.22. The minimum absolute atomic E-state index is 0.103. The highest BCUT2D eigenvalue weighted by atomic mass is 16.1. The van der Waals surface area contributed by atoms with E-state index in [1.807, 2.05) is 35.8 Å². The summed E-state index contributed by atoms with van der Waals surface area (Å²) in [6.07, 6.45) is 3.47. The summed E-state index contributed by atoms with van der Waals surface area (Å²) in [6, 6.07) is 7.74. The number of rotatable bonds is 3. The Kier molecular flexibility index (Phi) is 3.96. The van der Waals surface area contributed by atoms with Crippen LogP contribution in [0.5, 0.6) is 0 Å². The number of hydrogen-bond acceptors (Lipinski definition) is 4. The minimum atomic E-state index is 0.103. The van der Waals surface area contributed by atoms with E-state index in [1.54, 1.807) is 6.33 Å². The highest BCUT2D eigenvalue weighted by Gasteiger charge is 2.20. The van der Waals surface area contributed by atoms with Crippen molar-refractivity contribution in [2.45, 2.75) is 19.8 Å². The molecular weight excluding hydrogens is 266 g/mol. The number of carbonyl (C=O) groups excluding carboxylic acids is 1. The Balaban J connectivity index is 1.74. The quantitative estimate of drug-likeness (QED) is 0.897. The Morgan fingerprint density at radius 2 is 2.19 bits per heavy atom. The van der Waals surface area contributed by atoms with Crippen LogP contribution < -0.4 is 10.6 Å². The molecule has 0 spiro atoms. The van der Waals surface area contributed by atoms with Gasteiger partial charge in [0.25, 0.3) is 0 Å². The molecule has 2 aromatic rings. The first kappa shape index (κ1) is 13.8. The summed E-state index contributed by atoms with van der Waals surface area (Å²) < 4.78 is 1.89. The Hall–Kier alpha value is -2.21.